The molecule has 2 aliphatic heterocycles. The molecule has 0 radical (unpaired) electrons. The molecule has 0 spiro atoms. The highest BCUT2D eigenvalue weighted by atomic mass is 16.3. The average Bonchev–Trinajstić information content (AvgIpc) is 2.96. The van der Waals surface area contributed by atoms with Crippen LogP contribution in [0.1, 0.15) is 100 Å². The number of rotatable bonds is 11. The van der Waals surface area contributed by atoms with E-state index in [1.54, 1.807) is 6.92 Å². The van der Waals surface area contributed by atoms with Gasteiger partial charge in [-0.2, -0.15) is 0 Å². The lowest BCUT2D eigenvalue weighted by atomic mass is 9.79. The number of hydrogen-bond acceptors (Lipinski definition) is 2. The van der Waals surface area contributed by atoms with Crippen LogP contribution >= 0.6 is 0 Å². The Bertz CT molecular complexity index is 652. The van der Waals surface area contributed by atoms with Crippen LogP contribution in [-0.2, 0) is 24.2 Å². The molecule has 1 amide bonds. The van der Waals surface area contributed by atoms with E-state index in [2.05, 4.69) is 26.0 Å². The summed E-state index contributed by atoms with van der Waals surface area (Å²) in [5.41, 5.74) is 5.60. The first kappa shape index (κ1) is 20.4. The summed E-state index contributed by atoms with van der Waals surface area (Å²) < 4.78 is 0. The van der Waals surface area contributed by atoms with Crippen molar-refractivity contribution in [2.75, 3.05) is 0 Å². The van der Waals surface area contributed by atoms with Crippen LogP contribution in [0.3, 0.4) is 0 Å². The Balaban J connectivity index is 1.81. The second-order valence-electron chi connectivity index (χ2n) is 8.63. The van der Waals surface area contributed by atoms with Crippen LogP contribution in [0.4, 0.5) is 0 Å². The molecular weight excluding hydrogens is 334 g/mol. The van der Waals surface area contributed by atoms with Crippen LogP contribution in [0.5, 0.6) is 0 Å². The number of β-lactam (4-membered cyclic amide) rings is 1. The third-order valence-corrected chi connectivity index (χ3v) is 6.43. The molecule has 27 heavy (non-hydrogen) atoms. The normalized spacial score (nSPS) is 21.8. The smallest absolute Gasteiger partial charge is 0.231 e. The molecule has 1 saturated heterocycles. The summed E-state index contributed by atoms with van der Waals surface area (Å²) >= 11 is 0. The quantitative estimate of drug-likeness (QED) is 0.422. The van der Waals surface area contributed by atoms with E-state index in [1.807, 2.05) is 4.90 Å². The Hall–Kier alpha value is -1.35. The third kappa shape index (κ3) is 4.23. The highest BCUT2D eigenvalue weighted by molar-refractivity contribution is 5.88. The van der Waals surface area contributed by atoms with Crippen molar-refractivity contribution in [3.63, 3.8) is 0 Å². The van der Waals surface area contributed by atoms with E-state index in [-0.39, 0.29) is 17.9 Å². The van der Waals surface area contributed by atoms with Crippen LogP contribution in [0.15, 0.2) is 12.1 Å². The lowest BCUT2D eigenvalue weighted by Gasteiger charge is -2.44. The van der Waals surface area contributed by atoms with E-state index in [4.69, 9.17) is 0 Å². The van der Waals surface area contributed by atoms with Gasteiger partial charge in [0.1, 0.15) is 0 Å². The molecule has 1 aromatic rings. The van der Waals surface area contributed by atoms with Gasteiger partial charge in [-0.25, -0.2) is 0 Å². The number of amides is 1. The molecular formula is C24H37NO2. The Morgan fingerprint density at radius 2 is 1.70 bits per heavy atom. The van der Waals surface area contributed by atoms with E-state index in [9.17, 15) is 9.90 Å². The molecule has 1 aromatic carbocycles. The zero-order valence-corrected chi connectivity index (χ0v) is 17.5. The van der Waals surface area contributed by atoms with Crippen molar-refractivity contribution in [1.29, 1.82) is 0 Å². The molecule has 150 valence electrons. The predicted molar refractivity (Wildman–Crippen MR) is 111 cm³/mol. The third-order valence-electron chi connectivity index (χ3n) is 6.43. The van der Waals surface area contributed by atoms with Gasteiger partial charge < -0.3 is 10.0 Å². The van der Waals surface area contributed by atoms with Crippen LogP contribution in [0.2, 0.25) is 0 Å². The number of carbonyl (C=O) groups is 1. The molecule has 1 N–H and O–H groups in total. The fourth-order valence-corrected chi connectivity index (χ4v) is 4.95. The molecule has 0 aliphatic carbocycles. The predicted octanol–water partition coefficient (Wildman–Crippen LogP) is 5.33. The Kier molecular flexibility index (Phi) is 6.97. The molecule has 3 nitrogen and oxygen atoms in total. The van der Waals surface area contributed by atoms with Gasteiger partial charge in [-0.3, -0.25) is 4.79 Å². The number of fused-ring (bicyclic) bond motifs is 3. The lowest BCUT2D eigenvalue weighted by Crippen LogP contribution is -2.55. The second kappa shape index (κ2) is 9.23. The molecule has 0 unspecified atom stereocenters. The largest absolute Gasteiger partial charge is 0.392 e. The Morgan fingerprint density at radius 3 is 2.33 bits per heavy atom. The highest BCUT2D eigenvalue weighted by Gasteiger charge is 2.54. The SMILES string of the molecule is CCCCCCc1cc(CCCCCC)c2c(c1)CN1C(=O)[C@H]([C@@H](C)O)[C@@H]21. The van der Waals surface area contributed by atoms with Crippen molar-refractivity contribution in [3.8, 4) is 0 Å². The molecule has 0 saturated carbocycles. The fraction of sp³-hybridized carbons (Fsp3) is 0.708. The average molecular weight is 372 g/mol. The van der Waals surface area contributed by atoms with Crippen molar-refractivity contribution in [2.45, 2.75) is 104 Å². The first-order valence-corrected chi connectivity index (χ1v) is 11.2. The maximum Gasteiger partial charge on any atom is 0.231 e. The zero-order valence-electron chi connectivity index (χ0n) is 17.5. The van der Waals surface area contributed by atoms with Crippen molar-refractivity contribution in [1.82, 2.24) is 4.90 Å². The monoisotopic (exact) mass is 371 g/mol. The Morgan fingerprint density at radius 1 is 1.04 bits per heavy atom. The zero-order chi connectivity index (χ0) is 19.4. The number of unbranched alkanes of at least 4 members (excludes halogenated alkanes) is 6. The summed E-state index contributed by atoms with van der Waals surface area (Å²) in [6.45, 7) is 7.01. The summed E-state index contributed by atoms with van der Waals surface area (Å²) in [5.74, 6) is -0.108. The number of hydrogen-bond donors (Lipinski definition) is 1. The number of aliphatic hydroxyl groups is 1. The van der Waals surface area contributed by atoms with Crippen LogP contribution in [0, 0.1) is 5.92 Å². The van der Waals surface area contributed by atoms with E-state index in [1.165, 1.54) is 73.6 Å². The molecule has 3 atom stereocenters. The van der Waals surface area contributed by atoms with E-state index < -0.39 is 6.10 Å². The van der Waals surface area contributed by atoms with Crippen molar-refractivity contribution < 1.29 is 9.90 Å². The van der Waals surface area contributed by atoms with Crippen molar-refractivity contribution >= 4 is 5.91 Å². The minimum absolute atomic E-state index is 0.114. The minimum Gasteiger partial charge on any atom is -0.392 e. The van der Waals surface area contributed by atoms with Gasteiger partial charge >= 0.3 is 0 Å². The number of carbonyl (C=O) groups excluding carboxylic acids is 1. The van der Waals surface area contributed by atoms with Gasteiger partial charge in [-0.05, 0) is 54.9 Å². The molecule has 3 heteroatoms. The van der Waals surface area contributed by atoms with Gasteiger partial charge in [0.25, 0.3) is 0 Å². The summed E-state index contributed by atoms with van der Waals surface area (Å²) in [5, 5.41) is 10.1. The molecule has 2 aliphatic rings. The maximum absolute atomic E-state index is 12.5. The summed E-state index contributed by atoms with van der Waals surface area (Å²) in [7, 11) is 0. The van der Waals surface area contributed by atoms with Crippen molar-refractivity contribution in [3.05, 3.63) is 34.4 Å². The van der Waals surface area contributed by atoms with Crippen LogP contribution < -0.4 is 0 Å². The molecule has 0 bridgehead atoms. The Labute approximate surface area is 165 Å². The number of aryl methyl sites for hydroxylation is 2. The lowest BCUT2D eigenvalue weighted by molar-refractivity contribution is -0.163. The summed E-state index contributed by atoms with van der Waals surface area (Å²) in [6.07, 6.45) is 11.9. The molecule has 1 fully saturated rings. The van der Waals surface area contributed by atoms with Gasteiger partial charge in [0, 0.05) is 6.54 Å². The van der Waals surface area contributed by atoms with E-state index in [0.717, 1.165) is 19.4 Å². The van der Waals surface area contributed by atoms with Crippen LogP contribution in [0.25, 0.3) is 0 Å². The number of nitrogens with zero attached hydrogens (tertiary/aromatic N) is 1. The molecule has 0 aromatic heterocycles. The number of benzene rings is 1. The fourth-order valence-electron chi connectivity index (χ4n) is 4.95. The van der Waals surface area contributed by atoms with Gasteiger partial charge in [-0.15, -0.1) is 0 Å². The first-order valence-electron chi connectivity index (χ1n) is 11.2. The van der Waals surface area contributed by atoms with E-state index >= 15 is 0 Å². The first-order chi connectivity index (χ1) is 13.1. The molecule has 3 rings (SSSR count). The second-order valence-corrected chi connectivity index (χ2v) is 8.63. The highest BCUT2D eigenvalue weighted by Crippen LogP contribution is 2.50. The van der Waals surface area contributed by atoms with Crippen molar-refractivity contribution in [2.24, 2.45) is 5.92 Å². The number of aliphatic hydroxyl groups excluding tert-OH is 1. The van der Waals surface area contributed by atoms with Gasteiger partial charge in [0.05, 0.1) is 18.1 Å². The topological polar surface area (TPSA) is 40.5 Å². The standard InChI is InChI=1S/C24H37NO2/c1-4-6-8-10-12-18-14-19(13-11-9-7-5-2)22-20(15-18)16-25-23(22)21(17(3)26)24(25)27/h14-15,17,21,23,26H,4-13,16H2,1-3H3/t17-,21-,23+/m1/s1. The van der Waals surface area contributed by atoms with Gasteiger partial charge in [0.15, 0.2) is 0 Å². The minimum atomic E-state index is -0.564. The van der Waals surface area contributed by atoms with Gasteiger partial charge in [-0.1, -0.05) is 64.5 Å². The van der Waals surface area contributed by atoms with E-state index in [0.29, 0.717) is 0 Å². The maximum atomic E-state index is 12.5. The van der Waals surface area contributed by atoms with Crippen LogP contribution in [-0.4, -0.2) is 22.0 Å². The summed E-state index contributed by atoms with van der Waals surface area (Å²) in [4.78, 5) is 14.4. The molecule has 2 heterocycles. The summed E-state index contributed by atoms with van der Waals surface area (Å²) in [6, 6.07) is 4.88. The van der Waals surface area contributed by atoms with Gasteiger partial charge in [0.2, 0.25) is 5.91 Å².